The third-order valence-corrected chi connectivity index (χ3v) is 4.65. The van der Waals surface area contributed by atoms with Crippen LogP contribution < -0.4 is 0 Å². The maximum absolute atomic E-state index is 11.3. The number of carboxylic acids is 1. The van der Waals surface area contributed by atoms with Crippen molar-refractivity contribution in [1.82, 2.24) is 0 Å². The Labute approximate surface area is 155 Å². The Hall–Kier alpha value is -1.36. The molecule has 0 aliphatic carbocycles. The van der Waals surface area contributed by atoms with Gasteiger partial charge in [0.05, 0.1) is 12.5 Å². The zero-order chi connectivity index (χ0) is 17.5. The fraction of sp³-hybridized carbons (Fsp3) is 0.316. The van der Waals surface area contributed by atoms with Crippen LogP contribution in [0.3, 0.4) is 0 Å². The van der Waals surface area contributed by atoms with Crippen LogP contribution in [0.15, 0.2) is 53.0 Å². The van der Waals surface area contributed by atoms with Gasteiger partial charge >= 0.3 is 5.97 Å². The van der Waals surface area contributed by atoms with Crippen LogP contribution in [0.5, 0.6) is 0 Å². The first-order valence-corrected chi connectivity index (χ1v) is 9.00. The van der Waals surface area contributed by atoms with Crippen LogP contribution in [-0.2, 0) is 16.0 Å². The molecule has 2 rings (SSSR count). The molecular formula is C19H20BrClO3. The third-order valence-electron chi connectivity index (χ3n) is 3.87. The highest BCUT2D eigenvalue weighted by Gasteiger charge is 2.26. The molecule has 2 atom stereocenters. The number of carbonyl (C=O) groups is 1. The molecule has 0 aromatic heterocycles. The van der Waals surface area contributed by atoms with E-state index in [1.807, 2.05) is 55.5 Å². The van der Waals surface area contributed by atoms with Gasteiger partial charge < -0.3 is 9.84 Å². The zero-order valence-corrected chi connectivity index (χ0v) is 15.8. The van der Waals surface area contributed by atoms with Crippen LogP contribution >= 0.6 is 27.5 Å². The van der Waals surface area contributed by atoms with Crippen LogP contribution in [0.25, 0.3) is 0 Å². The predicted octanol–water partition coefficient (Wildman–Crippen LogP) is 5.31. The van der Waals surface area contributed by atoms with Crippen LogP contribution in [0.2, 0.25) is 5.02 Å². The summed E-state index contributed by atoms with van der Waals surface area (Å²) >= 11 is 9.39. The van der Waals surface area contributed by atoms with Gasteiger partial charge in [0.2, 0.25) is 0 Å². The fourth-order valence-electron chi connectivity index (χ4n) is 2.75. The van der Waals surface area contributed by atoms with Crippen LogP contribution in [0.1, 0.15) is 30.4 Å². The van der Waals surface area contributed by atoms with Crippen LogP contribution in [0.4, 0.5) is 0 Å². The predicted molar refractivity (Wildman–Crippen MR) is 99.7 cm³/mol. The van der Waals surface area contributed by atoms with Crippen molar-refractivity contribution >= 4 is 33.5 Å². The molecule has 0 saturated heterocycles. The van der Waals surface area contributed by atoms with Crippen molar-refractivity contribution in [1.29, 1.82) is 0 Å². The molecule has 2 aromatic rings. The minimum absolute atomic E-state index is 0.0256. The minimum Gasteiger partial charge on any atom is -0.481 e. The number of ether oxygens (including phenoxy) is 1. The molecule has 2 aromatic carbocycles. The summed E-state index contributed by atoms with van der Waals surface area (Å²) in [6.07, 6.45) is 0.281. The minimum atomic E-state index is -0.855. The second-order valence-corrected chi connectivity index (χ2v) is 6.93. The van der Waals surface area contributed by atoms with Gasteiger partial charge in [-0.25, -0.2) is 0 Å². The van der Waals surface area contributed by atoms with E-state index in [0.29, 0.717) is 18.1 Å². The maximum atomic E-state index is 11.3. The van der Waals surface area contributed by atoms with E-state index in [2.05, 4.69) is 15.9 Å². The van der Waals surface area contributed by atoms with Crippen molar-refractivity contribution < 1.29 is 14.6 Å². The molecule has 0 saturated carbocycles. The lowest BCUT2D eigenvalue weighted by Crippen LogP contribution is -2.27. The van der Waals surface area contributed by atoms with E-state index in [-0.39, 0.29) is 18.4 Å². The molecule has 0 fully saturated rings. The van der Waals surface area contributed by atoms with E-state index in [9.17, 15) is 9.90 Å². The zero-order valence-electron chi connectivity index (χ0n) is 13.4. The molecule has 0 aliphatic rings. The molecule has 5 heteroatoms. The number of rotatable bonds is 8. The first kappa shape index (κ1) is 19.0. The van der Waals surface area contributed by atoms with E-state index in [1.165, 1.54) is 0 Å². The molecule has 0 spiro atoms. The first-order valence-electron chi connectivity index (χ1n) is 7.83. The van der Waals surface area contributed by atoms with Gasteiger partial charge in [-0.05, 0) is 48.7 Å². The smallest absolute Gasteiger partial charge is 0.306 e. The molecule has 1 N–H and O–H groups in total. The normalized spacial score (nSPS) is 13.5. The van der Waals surface area contributed by atoms with Gasteiger partial charge in [0.25, 0.3) is 0 Å². The molecule has 0 amide bonds. The van der Waals surface area contributed by atoms with Crippen LogP contribution in [0, 0.1) is 0 Å². The lowest BCUT2D eigenvalue weighted by molar-refractivity contribution is -0.140. The van der Waals surface area contributed by atoms with E-state index in [4.69, 9.17) is 16.3 Å². The average molecular weight is 412 g/mol. The SMILES string of the molecule is CCOC(CC(=O)O)[C@H](Cc1ccc(Cl)cc1)c1ccc(Br)cc1. The van der Waals surface area contributed by atoms with Gasteiger partial charge in [-0.15, -0.1) is 0 Å². The highest BCUT2D eigenvalue weighted by molar-refractivity contribution is 9.10. The summed E-state index contributed by atoms with van der Waals surface area (Å²) in [6.45, 7) is 2.36. The van der Waals surface area contributed by atoms with E-state index in [1.54, 1.807) is 0 Å². The molecule has 3 nitrogen and oxygen atoms in total. The van der Waals surface area contributed by atoms with Gasteiger partial charge in [-0.1, -0.05) is 51.8 Å². The summed E-state index contributed by atoms with van der Waals surface area (Å²) in [4.78, 5) is 11.3. The van der Waals surface area contributed by atoms with Gasteiger partial charge in [-0.2, -0.15) is 0 Å². The van der Waals surface area contributed by atoms with E-state index >= 15 is 0 Å². The molecule has 128 valence electrons. The number of carboxylic acid groups (broad SMARTS) is 1. The summed E-state index contributed by atoms with van der Waals surface area (Å²) in [5.74, 6) is -0.901. The third kappa shape index (κ3) is 5.62. The largest absolute Gasteiger partial charge is 0.481 e. The molecule has 0 heterocycles. The lowest BCUT2D eigenvalue weighted by Gasteiger charge is -2.27. The molecule has 24 heavy (non-hydrogen) atoms. The Morgan fingerprint density at radius 1 is 1.17 bits per heavy atom. The Morgan fingerprint density at radius 2 is 1.79 bits per heavy atom. The highest BCUT2D eigenvalue weighted by Crippen LogP contribution is 2.30. The fourth-order valence-corrected chi connectivity index (χ4v) is 3.14. The summed E-state index contributed by atoms with van der Waals surface area (Å²) in [5.41, 5.74) is 2.16. The number of aliphatic carboxylic acids is 1. The molecule has 1 unspecified atom stereocenters. The topological polar surface area (TPSA) is 46.5 Å². The van der Waals surface area contributed by atoms with Crippen molar-refractivity contribution in [3.8, 4) is 0 Å². The Morgan fingerprint density at radius 3 is 2.33 bits per heavy atom. The molecule has 0 aliphatic heterocycles. The average Bonchev–Trinajstić information content (AvgIpc) is 2.55. The Balaban J connectivity index is 2.32. The van der Waals surface area contributed by atoms with Gasteiger partial charge in [-0.3, -0.25) is 4.79 Å². The quantitative estimate of drug-likeness (QED) is 0.640. The van der Waals surface area contributed by atoms with Crippen LogP contribution in [-0.4, -0.2) is 23.8 Å². The number of benzene rings is 2. The summed E-state index contributed by atoms with van der Waals surface area (Å²) in [7, 11) is 0. The standard InChI is InChI=1S/C19H20BrClO3/c1-2-24-18(12-19(22)23)17(14-5-7-15(20)8-6-14)11-13-3-9-16(21)10-4-13/h3-10,17-18H,2,11-12H2,1H3,(H,22,23)/t17-,18?/m1/s1. The Bertz CT molecular complexity index is 655. The van der Waals surface area contributed by atoms with Crippen molar-refractivity contribution in [2.75, 3.05) is 6.61 Å². The second-order valence-electron chi connectivity index (χ2n) is 5.58. The molecular weight excluding hydrogens is 392 g/mol. The summed E-state index contributed by atoms with van der Waals surface area (Å²) < 4.78 is 6.77. The van der Waals surface area contributed by atoms with Crippen molar-refractivity contribution in [2.24, 2.45) is 0 Å². The van der Waals surface area contributed by atoms with E-state index < -0.39 is 5.97 Å². The monoisotopic (exact) mass is 410 g/mol. The van der Waals surface area contributed by atoms with Gasteiger partial charge in [0.1, 0.15) is 0 Å². The molecule has 0 radical (unpaired) electrons. The second kappa shape index (κ2) is 9.21. The van der Waals surface area contributed by atoms with Gasteiger partial charge in [0, 0.05) is 22.0 Å². The lowest BCUT2D eigenvalue weighted by atomic mass is 9.86. The van der Waals surface area contributed by atoms with Crippen molar-refractivity contribution in [2.45, 2.75) is 31.8 Å². The number of halogens is 2. The van der Waals surface area contributed by atoms with Crippen molar-refractivity contribution in [3.63, 3.8) is 0 Å². The maximum Gasteiger partial charge on any atom is 0.306 e. The highest BCUT2D eigenvalue weighted by atomic mass is 79.9. The number of hydrogen-bond acceptors (Lipinski definition) is 2. The summed E-state index contributed by atoms with van der Waals surface area (Å²) in [5, 5.41) is 9.93. The molecule has 0 bridgehead atoms. The van der Waals surface area contributed by atoms with Gasteiger partial charge in [0.15, 0.2) is 0 Å². The Kier molecular flexibility index (Phi) is 7.28. The van der Waals surface area contributed by atoms with Crippen molar-refractivity contribution in [3.05, 3.63) is 69.2 Å². The van der Waals surface area contributed by atoms with E-state index in [0.717, 1.165) is 15.6 Å². The number of hydrogen-bond donors (Lipinski definition) is 1. The summed E-state index contributed by atoms with van der Waals surface area (Å²) in [6, 6.07) is 15.6. The first-order chi connectivity index (χ1) is 11.5.